The third-order valence-electron chi connectivity index (χ3n) is 10.5. The molecule has 4 aliphatic rings. The molecule has 0 heterocycles. The molecular formula is C29H48O3. The van der Waals surface area contributed by atoms with Crippen LogP contribution in [0.1, 0.15) is 100 Å². The lowest BCUT2D eigenvalue weighted by Crippen LogP contribution is -2.59. The Kier molecular flexibility index (Phi) is 6.51. The van der Waals surface area contributed by atoms with E-state index >= 15 is 0 Å². The van der Waals surface area contributed by atoms with Crippen molar-refractivity contribution < 1.29 is 14.3 Å². The van der Waals surface area contributed by atoms with Crippen LogP contribution < -0.4 is 0 Å². The molecule has 0 aromatic heterocycles. The molecule has 0 aromatic carbocycles. The normalized spacial score (nSPS) is 48.2. The van der Waals surface area contributed by atoms with E-state index in [1.54, 1.807) is 0 Å². The molecule has 4 rings (SSSR count). The van der Waals surface area contributed by atoms with Gasteiger partial charge < -0.3 is 14.3 Å². The first-order chi connectivity index (χ1) is 15.0. The number of hydrogen-bond acceptors (Lipinski definition) is 3. The van der Waals surface area contributed by atoms with E-state index in [1.807, 2.05) is 0 Å². The fourth-order valence-corrected chi connectivity index (χ4v) is 9.18. The number of hydrogen-bond donors (Lipinski definition) is 0. The van der Waals surface area contributed by atoms with E-state index in [9.17, 15) is 4.79 Å². The van der Waals surface area contributed by atoms with Crippen LogP contribution in [0.25, 0.3) is 0 Å². The lowest BCUT2D eigenvalue weighted by atomic mass is 9.44. The molecule has 0 saturated heterocycles. The van der Waals surface area contributed by atoms with Crippen LogP contribution in [0.15, 0.2) is 11.6 Å². The molecule has 0 aromatic rings. The number of allylic oxidation sites excluding steroid dienone is 1. The van der Waals surface area contributed by atoms with Crippen LogP contribution in [0.3, 0.4) is 0 Å². The van der Waals surface area contributed by atoms with Gasteiger partial charge >= 0.3 is 0 Å². The molecule has 3 saturated carbocycles. The number of aldehydes is 1. The highest BCUT2D eigenvalue weighted by Crippen LogP contribution is 2.69. The van der Waals surface area contributed by atoms with Crippen LogP contribution in [0, 0.1) is 40.4 Å². The lowest BCUT2D eigenvalue weighted by Gasteiger charge is -2.61. The minimum absolute atomic E-state index is 0.00901. The summed E-state index contributed by atoms with van der Waals surface area (Å²) in [5.41, 5.74) is 1.33. The Balaban J connectivity index is 1.71. The summed E-state index contributed by atoms with van der Waals surface area (Å²) < 4.78 is 13.1. The number of carbonyl (C=O) groups is 1. The van der Waals surface area contributed by atoms with Gasteiger partial charge in [0.15, 0.2) is 0 Å². The SMILES string of the molecule is CC[C@]1(OC(C)C)CC[C@H]2[C@@H]3[C@H](C)C=C4[C@H](C)[C@@H](OC(C)C)CC[C@]4(C=O)[C@H]3CC[C@@]21C. The van der Waals surface area contributed by atoms with Crippen LogP contribution in [-0.4, -0.2) is 30.2 Å². The first kappa shape index (κ1) is 24.5. The van der Waals surface area contributed by atoms with Gasteiger partial charge in [0.2, 0.25) is 0 Å². The Labute approximate surface area is 197 Å². The Morgan fingerprint density at radius 2 is 1.72 bits per heavy atom. The van der Waals surface area contributed by atoms with Crippen LogP contribution >= 0.6 is 0 Å². The smallest absolute Gasteiger partial charge is 0.130 e. The van der Waals surface area contributed by atoms with Gasteiger partial charge in [-0.2, -0.15) is 0 Å². The van der Waals surface area contributed by atoms with Crippen molar-refractivity contribution in [2.24, 2.45) is 40.4 Å². The van der Waals surface area contributed by atoms with E-state index in [4.69, 9.17) is 9.47 Å². The minimum atomic E-state index is -0.273. The summed E-state index contributed by atoms with van der Waals surface area (Å²) in [5.74, 6) is 2.55. The van der Waals surface area contributed by atoms with Gasteiger partial charge in [-0.15, -0.1) is 0 Å². The maximum Gasteiger partial charge on any atom is 0.130 e. The molecule has 0 amide bonds. The molecule has 0 unspecified atom stereocenters. The van der Waals surface area contributed by atoms with Crippen molar-refractivity contribution in [1.82, 2.24) is 0 Å². The summed E-state index contributed by atoms with van der Waals surface area (Å²) in [7, 11) is 0. The molecule has 0 bridgehead atoms. The van der Waals surface area contributed by atoms with Gasteiger partial charge in [-0.05, 0) is 102 Å². The van der Waals surface area contributed by atoms with Gasteiger partial charge in [-0.1, -0.05) is 39.3 Å². The Morgan fingerprint density at radius 3 is 2.31 bits per heavy atom. The van der Waals surface area contributed by atoms with Crippen molar-refractivity contribution in [2.75, 3.05) is 0 Å². The van der Waals surface area contributed by atoms with Gasteiger partial charge in [0, 0.05) is 5.92 Å². The summed E-state index contributed by atoms with van der Waals surface area (Å²) in [5, 5.41) is 0. The molecule has 0 aliphatic heterocycles. The van der Waals surface area contributed by atoms with Crippen LogP contribution in [0.4, 0.5) is 0 Å². The van der Waals surface area contributed by atoms with Gasteiger partial charge in [-0.3, -0.25) is 0 Å². The zero-order valence-electron chi connectivity index (χ0n) is 21.9. The summed E-state index contributed by atoms with van der Waals surface area (Å²) in [6.45, 7) is 18.2. The standard InChI is InChI=1S/C29H48O3/c1-9-29(32-19(4)5)15-11-22-26-20(6)16-24-21(7)25(31-18(2)3)12-14-28(24,17-30)23(26)10-13-27(22,29)8/h16-23,25-26H,9-15H2,1-8H3/t20-,21+,22+,23+,25+,26+,27+,28+,29+/m1/s1. The molecule has 3 heteroatoms. The summed E-state index contributed by atoms with van der Waals surface area (Å²) >= 11 is 0. The predicted molar refractivity (Wildman–Crippen MR) is 130 cm³/mol. The Hall–Kier alpha value is -0.670. The van der Waals surface area contributed by atoms with E-state index in [-0.39, 0.29) is 34.7 Å². The molecule has 0 radical (unpaired) electrons. The van der Waals surface area contributed by atoms with Crippen LogP contribution in [0.5, 0.6) is 0 Å². The largest absolute Gasteiger partial charge is 0.375 e. The second-order valence-electron chi connectivity index (χ2n) is 12.5. The second-order valence-corrected chi connectivity index (χ2v) is 12.5. The summed E-state index contributed by atoms with van der Waals surface area (Å²) in [6, 6.07) is 0. The number of carbonyl (C=O) groups excluding carboxylic acids is 1. The highest BCUT2D eigenvalue weighted by Gasteiger charge is 2.66. The minimum Gasteiger partial charge on any atom is -0.375 e. The van der Waals surface area contributed by atoms with E-state index < -0.39 is 0 Å². The van der Waals surface area contributed by atoms with Crippen molar-refractivity contribution in [1.29, 1.82) is 0 Å². The Bertz CT molecular complexity index is 741. The quantitative estimate of drug-likeness (QED) is 0.327. The monoisotopic (exact) mass is 444 g/mol. The van der Waals surface area contributed by atoms with Crippen LogP contribution in [0.2, 0.25) is 0 Å². The zero-order chi connectivity index (χ0) is 23.5. The molecule has 4 aliphatic carbocycles. The molecule has 0 spiro atoms. The van der Waals surface area contributed by atoms with Crippen molar-refractivity contribution >= 4 is 6.29 Å². The molecule has 0 N–H and O–H groups in total. The van der Waals surface area contributed by atoms with Gasteiger partial charge in [0.25, 0.3) is 0 Å². The molecule has 3 fully saturated rings. The molecule has 32 heavy (non-hydrogen) atoms. The van der Waals surface area contributed by atoms with Gasteiger partial charge in [-0.25, -0.2) is 0 Å². The van der Waals surface area contributed by atoms with Crippen molar-refractivity contribution in [3.8, 4) is 0 Å². The fourth-order valence-electron chi connectivity index (χ4n) is 9.18. The second kappa shape index (κ2) is 8.52. The summed E-state index contributed by atoms with van der Waals surface area (Å²) in [4.78, 5) is 12.9. The molecule has 182 valence electrons. The fraction of sp³-hybridized carbons (Fsp3) is 0.897. The number of ether oxygens (including phenoxy) is 2. The maximum absolute atomic E-state index is 12.9. The van der Waals surface area contributed by atoms with E-state index in [0.717, 1.165) is 25.7 Å². The predicted octanol–water partition coefficient (Wildman–Crippen LogP) is 6.99. The Morgan fingerprint density at radius 1 is 1.03 bits per heavy atom. The van der Waals surface area contributed by atoms with E-state index in [1.165, 1.54) is 31.1 Å². The summed E-state index contributed by atoms with van der Waals surface area (Å²) in [6.07, 6.45) is 12.5. The third kappa shape index (κ3) is 3.39. The van der Waals surface area contributed by atoms with Gasteiger partial charge in [0.05, 0.1) is 29.3 Å². The maximum atomic E-state index is 12.9. The van der Waals surface area contributed by atoms with E-state index in [0.29, 0.717) is 29.6 Å². The third-order valence-corrected chi connectivity index (χ3v) is 10.5. The topological polar surface area (TPSA) is 35.5 Å². The average molecular weight is 445 g/mol. The zero-order valence-corrected chi connectivity index (χ0v) is 21.9. The average Bonchev–Trinajstić information content (AvgIpc) is 3.02. The highest BCUT2D eigenvalue weighted by molar-refractivity contribution is 5.68. The first-order valence-corrected chi connectivity index (χ1v) is 13.6. The lowest BCUT2D eigenvalue weighted by molar-refractivity contribution is -0.182. The van der Waals surface area contributed by atoms with Gasteiger partial charge in [0.1, 0.15) is 6.29 Å². The first-order valence-electron chi connectivity index (χ1n) is 13.6. The van der Waals surface area contributed by atoms with Crippen molar-refractivity contribution in [2.45, 2.75) is 124 Å². The van der Waals surface area contributed by atoms with E-state index in [2.05, 4.69) is 61.5 Å². The molecular weight excluding hydrogens is 396 g/mol. The molecule has 3 nitrogen and oxygen atoms in total. The van der Waals surface area contributed by atoms with Crippen molar-refractivity contribution in [3.05, 3.63) is 11.6 Å². The number of rotatable bonds is 6. The van der Waals surface area contributed by atoms with Crippen LogP contribution in [-0.2, 0) is 14.3 Å². The van der Waals surface area contributed by atoms with Crippen molar-refractivity contribution in [3.63, 3.8) is 0 Å². The highest BCUT2D eigenvalue weighted by atomic mass is 16.5. The number of fused-ring (bicyclic) bond motifs is 5. The molecule has 9 atom stereocenters.